The van der Waals surface area contributed by atoms with E-state index in [1.165, 1.54) is 19.3 Å². The highest BCUT2D eigenvalue weighted by molar-refractivity contribution is 7.85. The van der Waals surface area contributed by atoms with Crippen molar-refractivity contribution in [3.63, 3.8) is 0 Å². The second-order valence-corrected chi connectivity index (χ2v) is 13.0. The Morgan fingerprint density at radius 3 is 2.17 bits per heavy atom. The molecule has 0 amide bonds. The third-order valence-electron chi connectivity index (χ3n) is 3.50. The Morgan fingerprint density at radius 1 is 1.17 bits per heavy atom. The molecular weight excluding hydrogens is 260 g/mol. The van der Waals surface area contributed by atoms with Crippen molar-refractivity contribution in [1.82, 2.24) is 0 Å². The zero-order chi connectivity index (χ0) is 13.8. The zero-order valence-electron chi connectivity index (χ0n) is 12.7. The lowest BCUT2D eigenvalue weighted by molar-refractivity contribution is 0.166. The van der Waals surface area contributed by atoms with Crippen LogP contribution in [0.15, 0.2) is 0 Å². The summed E-state index contributed by atoms with van der Waals surface area (Å²) in [6, 6.07) is 0. The molecule has 108 valence electrons. The molecule has 0 spiro atoms. The van der Waals surface area contributed by atoms with Crippen LogP contribution in [-0.4, -0.2) is 29.6 Å². The van der Waals surface area contributed by atoms with E-state index in [9.17, 15) is 4.21 Å². The van der Waals surface area contributed by atoms with Crippen LogP contribution in [0.1, 0.15) is 46.0 Å². The Labute approximate surface area is 116 Å². The van der Waals surface area contributed by atoms with Gasteiger partial charge in [-0.25, -0.2) is 0 Å². The van der Waals surface area contributed by atoms with Crippen LogP contribution in [0.5, 0.6) is 0 Å². The fourth-order valence-electron chi connectivity index (χ4n) is 2.44. The molecule has 2 nitrogen and oxygen atoms in total. The minimum atomic E-state index is -1.53. The maximum absolute atomic E-state index is 12.4. The molecule has 0 aromatic carbocycles. The van der Waals surface area contributed by atoms with Crippen LogP contribution in [-0.2, 0) is 15.2 Å². The Morgan fingerprint density at radius 2 is 1.72 bits per heavy atom. The Bertz CT molecular complexity index is 267. The molecule has 4 heteroatoms. The summed E-state index contributed by atoms with van der Waals surface area (Å²) >= 11 is 0. The highest BCUT2D eigenvalue weighted by Crippen LogP contribution is 2.24. The molecule has 0 heterocycles. The van der Waals surface area contributed by atoms with Crippen molar-refractivity contribution in [1.29, 1.82) is 0 Å². The van der Waals surface area contributed by atoms with Crippen LogP contribution in [0.4, 0.5) is 0 Å². The van der Waals surface area contributed by atoms with Gasteiger partial charge >= 0.3 is 0 Å². The van der Waals surface area contributed by atoms with E-state index >= 15 is 0 Å². The molecule has 1 rings (SSSR count). The summed E-state index contributed by atoms with van der Waals surface area (Å²) in [4.78, 5) is 0. The van der Waals surface area contributed by atoms with Gasteiger partial charge in [0.05, 0.1) is 6.10 Å². The smallest absolute Gasteiger partial charge is 0.184 e. The van der Waals surface area contributed by atoms with Crippen molar-refractivity contribution >= 4 is 19.1 Å². The van der Waals surface area contributed by atoms with E-state index in [1.807, 2.05) is 0 Å². The normalized spacial score (nSPS) is 22.1. The third kappa shape index (κ3) is 5.98. The Kier molecular flexibility index (Phi) is 6.55. The molecule has 1 aliphatic carbocycles. The van der Waals surface area contributed by atoms with E-state index < -0.39 is 19.1 Å². The molecule has 2 atom stereocenters. The van der Waals surface area contributed by atoms with Crippen LogP contribution in [0.25, 0.3) is 0 Å². The average molecular weight is 291 g/mol. The first-order chi connectivity index (χ1) is 8.29. The average Bonchev–Trinajstić information content (AvgIpc) is 2.27. The second kappa shape index (κ2) is 7.20. The topological polar surface area (TPSA) is 26.3 Å². The zero-order valence-corrected chi connectivity index (χ0v) is 14.5. The molecular formula is C14H30O2SSi. The van der Waals surface area contributed by atoms with Crippen molar-refractivity contribution < 1.29 is 8.63 Å². The van der Waals surface area contributed by atoms with E-state index in [2.05, 4.69) is 33.5 Å². The van der Waals surface area contributed by atoms with E-state index in [-0.39, 0.29) is 6.10 Å². The molecule has 18 heavy (non-hydrogen) atoms. The standard InChI is InChI=1S/C14H30O2SSi/c1-12(2)14(16-18(3,4)5)11-17(15)13-9-7-6-8-10-13/h12-14H,6-11H2,1-5H3. The molecule has 0 N–H and O–H groups in total. The number of rotatable bonds is 6. The van der Waals surface area contributed by atoms with Gasteiger partial charge in [0.1, 0.15) is 0 Å². The molecule has 1 fully saturated rings. The van der Waals surface area contributed by atoms with Crippen LogP contribution >= 0.6 is 0 Å². The first-order valence-corrected chi connectivity index (χ1v) is 12.1. The van der Waals surface area contributed by atoms with Crippen molar-refractivity contribution in [2.24, 2.45) is 5.92 Å². The predicted octanol–water partition coefficient (Wildman–Crippen LogP) is 3.94. The molecule has 2 unspecified atom stereocenters. The van der Waals surface area contributed by atoms with Crippen LogP contribution in [0.3, 0.4) is 0 Å². The molecule has 0 bridgehead atoms. The lowest BCUT2D eigenvalue weighted by atomic mass is 10.0. The fraction of sp³-hybridized carbons (Fsp3) is 1.00. The van der Waals surface area contributed by atoms with Gasteiger partial charge in [0.15, 0.2) is 8.32 Å². The molecule has 0 aromatic heterocycles. The van der Waals surface area contributed by atoms with Crippen molar-refractivity contribution in [3.05, 3.63) is 0 Å². The Hall–Kier alpha value is 0.327. The SMILES string of the molecule is CC(C)C(CS(=O)C1CCCCC1)O[Si](C)(C)C. The summed E-state index contributed by atoms with van der Waals surface area (Å²) < 4.78 is 18.7. The van der Waals surface area contributed by atoms with Gasteiger partial charge in [0, 0.05) is 21.8 Å². The lowest BCUT2D eigenvalue weighted by Crippen LogP contribution is -2.39. The third-order valence-corrected chi connectivity index (χ3v) is 6.38. The monoisotopic (exact) mass is 290 g/mol. The van der Waals surface area contributed by atoms with E-state index in [0.29, 0.717) is 11.2 Å². The maximum atomic E-state index is 12.4. The summed E-state index contributed by atoms with van der Waals surface area (Å²) in [6.07, 6.45) is 6.34. The fourth-order valence-corrected chi connectivity index (χ4v) is 5.74. The molecule has 1 saturated carbocycles. The first kappa shape index (κ1) is 16.4. The van der Waals surface area contributed by atoms with Gasteiger partial charge in [-0.3, -0.25) is 4.21 Å². The van der Waals surface area contributed by atoms with Gasteiger partial charge in [-0.15, -0.1) is 0 Å². The van der Waals surface area contributed by atoms with E-state index in [1.54, 1.807) is 0 Å². The highest BCUT2D eigenvalue weighted by atomic mass is 32.2. The molecule has 1 aliphatic rings. The summed E-state index contributed by atoms with van der Waals surface area (Å²) in [5.41, 5.74) is 0. The molecule has 0 aromatic rings. The summed E-state index contributed by atoms with van der Waals surface area (Å²) in [5, 5.41) is 0.435. The summed E-state index contributed by atoms with van der Waals surface area (Å²) in [6.45, 7) is 11.0. The molecule has 0 saturated heterocycles. The first-order valence-electron chi connectivity index (χ1n) is 7.34. The summed E-state index contributed by atoms with van der Waals surface area (Å²) in [5.74, 6) is 1.20. The van der Waals surface area contributed by atoms with Crippen LogP contribution < -0.4 is 0 Å². The van der Waals surface area contributed by atoms with Crippen molar-refractivity contribution in [2.45, 2.75) is 76.9 Å². The highest BCUT2D eigenvalue weighted by Gasteiger charge is 2.28. The van der Waals surface area contributed by atoms with Crippen molar-refractivity contribution in [2.75, 3.05) is 5.75 Å². The second-order valence-electron chi connectivity index (χ2n) is 6.82. The van der Waals surface area contributed by atoms with E-state index in [4.69, 9.17) is 4.43 Å². The Balaban J connectivity index is 2.51. The minimum absolute atomic E-state index is 0.180. The van der Waals surface area contributed by atoms with Crippen molar-refractivity contribution in [3.8, 4) is 0 Å². The van der Waals surface area contributed by atoms with Gasteiger partial charge < -0.3 is 4.43 Å². The lowest BCUT2D eigenvalue weighted by Gasteiger charge is -2.31. The van der Waals surface area contributed by atoms with Crippen LogP contribution in [0, 0.1) is 5.92 Å². The molecule has 0 aliphatic heterocycles. The van der Waals surface area contributed by atoms with E-state index in [0.717, 1.165) is 18.6 Å². The van der Waals surface area contributed by atoms with Gasteiger partial charge in [-0.2, -0.15) is 0 Å². The minimum Gasteiger partial charge on any atom is -0.414 e. The van der Waals surface area contributed by atoms with Gasteiger partial charge in [0.25, 0.3) is 0 Å². The quantitative estimate of drug-likeness (QED) is 0.693. The van der Waals surface area contributed by atoms with Crippen LogP contribution in [0.2, 0.25) is 19.6 Å². The van der Waals surface area contributed by atoms with Gasteiger partial charge in [-0.1, -0.05) is 33.1 Å². The largest absolute Gasteiger partial charge is 0.414 e. The maximum Gasteiger partial charge on any atom is 0.184 e. The van der Waals surface area contributed by atoms with Gasteiger partial charge in [0.2, 0.25) is 0 Å². The predicted molar refractivity (Wildman–Crippen MR) is 82.9 cm³/mol. The number of hydrogen-bond donors (Lipinski definition) is 0. The van der Waals surface area contributed by atoms with Gasteiger partial charge in [-0.05, 0) is 38.4 Å². The molecule has 0 radical (unpaired) electrons. The number of hydrogen-bond acceptors (Lipinski definition) is 2. The summed E-state index contributed by atoms with van der Waals surface area (Å²) in [7, 11) is -2.23.